The first-order valence-electron chi connectivity index (χ1n) is 9.51. The third-order valence-corrected chi connectivity index (χ3v) is 5.03. The molecular formula is C17H27N5O7. The van der Waals surface area contributed by atoms with E-state index in [9.17, 15) is 29.1 Å². The maximum Gasteiger partial charge on any atom is 0.326 e. The van der Waals surface area contributed by atoms with Crippen molar-refractivity contribution >= 4 is 29.6 Å². The van der Waals surface area contributed by atoms with E-state index in [0.717, 1.165) is 13.0 Å². The summed E-state index contributed by atoms with van der Waals surface area (Å²) >= 11 is 0. The minimum atomic E-state index is -1.58. The van der Waals surface area contributed by atoms with Crippen LogP contribution in [0.2, 0.25) is 0 Å². The first-order valence-corrected chi connectivity index (χ1v) is 9.51. The van der Waals surface area contributed by atoms with Crippen molar-refractivity contribution in [2.45, 2.75) is 56.3 Å². The Kier molecular flexibility index (Phi) is 7.91. The number of hydrogen-bond acceptors (Lipinski definition) is 7. The van der Waals surface area contributed by atoms with Crippen LogP contribution >= 0.6 is 0 Å². The van der Waals surface area contributed by atoms with E-state index in [1.807, 2.05) is 0 Å². The predicted octanol–water partition coefficient (Wildman–Crippen LogP) is -3.35. The fraction of sp³-hybridized carbons (Fsp3) is 0.706. The Bertz CT molecular complexity index is 665. The molecule has 2 saturated heterocycles. The van der Waals surface area contributed by atoms with Crippen molar-refractivity contribution in [1.82, 2.24) is 20.9 Å². The lowest BCUT2D eigenvalue weighted by molar-refractivity contribution is -0.144. The molecule has 2 aliphatic rings. The standard InChI is InChI=1S/C17H27N5O7/c18-13(24)7-10(17(28)29)20-14(25)11(8-23)21-15(26)12-4-2-6-22(12)16(27)9-3-1-5-19-9/h9-12,19,23H,1-8H2,(H2,18,24)(H,20,25)(H,21,26)(H,28,29). The van der Waals surface area contributed by atoms with Crippen molar-refractivity contribution in [2.75, 3.05) is 19.7 Å². The van der Waals surface area contributed by atoms with E-state index in [1.165, 1.54) is 4.90 Å². The summed E-state index contributed by atoms with van der Waals surface area (Å²) in [4.78, 5) is 61.1. The molecule has 2 rings (SSSR count). The molecule has 29 heavy (non-hydrogen) atoms. The minimum Gasteiger partial charge on any atom is -0.480 e. The lowest BCUT2D eigenvalue weighted by atomic mass is 10.1. The van der Waals surface area contributed by atoms with Crippen LogP contribution < -0.4 is 21.7 Å². The molecule has 0 aromatic carbocycles. The number of nitrogens with two attached hydrogens (primary N) is 1. The SMILES string of the molecule is NC(=O)CC(NC(=O)C(CO)NC(=O)C1CCCN1C(=O)C1CCCN1)C(=O)O. The molecule has 12 heteroatoms. The van der Waals surface area contributed by atoms with Crippen molar-refractivity contribution in [1.29, 1.82) is 0 Å². The zero-order valence-electron chi connectivity index (χ0n) is 15.9. The number of carbonyl (C=O) groups excluding carboxylic acids is 4. The maximum atomic E-state index is 12.6. The predicted molar refractivity (Wildman–Crippen MR) is 98.2 cm³/mol. The highest BCUT2D eigenvalue weighted by Crippen LogP contribution is 2.21. The second-order valence-corrected chi connectivity index (χ2v) is 7.15. The van der Waals surface area contributed by atoms with Crippen molar-refractivity contribution < 1.29 is 34.2 Å². The van der Waals surface area contributed by atoms with Crippen molar-refractivity contribution in [3.63, 3.8) is 0 Å². The van der Waals surface area contributed by atoms with Crippen LogP contribution in [0.15, 0.2) is 0 Å². The van der Waals surface area contributed by atoms with Gasteiger partial charge in [-0.3, -0.25) is 19.2 Å². The third kappa shape index (κ3) is 5.87. The Morgan fingerprint density at radius 3 is 2.38 bits per heavy atom. The summed E-state index contributed by atoms with van der Waals surface area (Å²) in [5.41, 5.74) is 4.96. The van der Waals surface area contributed by atoms with Gasteiger partial charge in [0.1, 0.15) is 18.1 Å². The summed E-state index contributed by atoms with van der Waals surface area (Å²) in [7, 11) is 0. The number of hydrogen-bond donors (Lipinski definition) is 6. The fourth-order valence-electron chi connectivity index (χ4n) is 3.53. The van der Waals surface area contributed by atoms with E-state index >= 15 is 0 Å². The largest absolute Gasteiger partial charge is 0.480 e. The van der Waals surface area contributed by atoms with Gasteiger partial charge < -0.3 is 36.8 Å². The summed E-state index contributed by atoms with van der Waals surface area (Å²) in [6, 6.07) is -4.11. The summed E-state index contributed by atoms with van der Waals surface area (Å²) in [6.07, 6.45) is 1.99. The normalized spacial score (nSPS) is 23.3. The van der Waals surface area contributed by atoms with Gasteiger partial charge in [0.2, 0.25) is 23.6 Å². The Balaban J connectivity index is 1.98. The summed E-state index contributed by atoms with van der Waals surface area (Å²) in [6.45, 7) is 0.375. The van der Waals surface area contributed by atoms with Crippen LogP contribution in [0.25, 0.3) is 0 Å². The van der Waals surface area contributed by atoms with Crippen LogP contribution in [-0.4, -0.2) is 88.6 Å². The Hall–Kier alpha value is -2.73. The van der Waals surface area contributed by atoms with Crippen molar-refractivity contribution in [3.8, 4) is 0 Å². The van der Waals surface area contributed by atoms with E-state index in [0.29, 0.717) is 25.8 Å². The average molecular weight is 413 g/mol. The quantitative estimate of drug-likeness (QED) is 0.226. The van der Waals surface area contributed by atoms with Gasteiger partial charge in [0.25, 0.3) is 0 Å². The molecular weight excluding hydrogens is 386 g/mol. The number of carboxylic acid groups (broad SMARTS) is 1. The molecule has 2 aliphatic heterocycles. The van der Waals surface area contributed by atoms with Crippen LogP contribution in [0.1, 0.15) is 32.1 Å². The number of rotatable bonds is 9. The molecule has 0 aromatic heterocycles. The van der Waals surface area contributed by atoms with Gasteiger partial charge in [0.05, 0.1) is 19.1 Å². The number of aliphatic carboxylic acids is 1. The third-order valence-electron chi connectivity index (χ3n) is 5.03. The molecule has 0 radical (unpaired) electrons. The molecule has 0 saturated carbocycles. The summed E-state index contributed by atoms with van der Waals surface area (Å²) in [5.74, 6) is -4.15. The number of nitrogens with zero attached hydrogens (tertiary/aromatic N) is 1. The van der Waals surface area contributed by atoms with Gasteiger partial charge in [-0.25, -0.2) is 4.79 Å². The van der Waals surface area contributed by atoms with Crippen LogP contribution in [0.3, 0.4) is 0 Å². The van der Waals surface area contributed by atoms with Crippen LogP contribution in [0.4, 0.5) is 0 Å². The van der Waals surface area contributed by atoms with E-state index in [2.05, 4.69) is 16.0 Å². The van der Waals surface area contributed by atoms with Crippen molar-refractivity contribution in [3.05, 3.63) is 0 Å². The molecule has 12 nitrogen and oxygen atoms in total. The second-order valence-electron chi connectivity index (χ2n) is 7.15. The minimum absolute atomic E-state index is 0.169. The van der Waals surface area contributed by atoms with Gasteiger partial charge in [-0.05, 0) is 32.2 Å². The lowest BCUT2D eigenvalue weighted by Gasteiger charge is -2.28. The van der Waals surface area contributed by atoms with Gasteiger partial charge >= 0.3 is 5.97 Å². The molecule has 0 aromatic rings. The van der Waals surface area contributed by atoms with Gasteiger partial charge in [-0.2, -0.15) is 0 Å². The van der Waals surface area contributed by atoms with E-state index < -0.39 is 54.8 Å². The molecule has 0 aliphatic carbocycles. The molecule has 4 unspecified atom stereocenters. The van der Waals surface area contributed by atoms with Crippen molar-refractivity contribution in [2.24, 2.45) is 5.73 Å². The number of aliphatic hydroxyl groups is 1. The Morgan fingerprint density at radius 2 is 1.83 bits per heavy atom. The highest BCUT2D eigenvalue weighted by molar-refractivity contribution is 5.95. The summed E-state index contributed by atoms with van der Waals surface area (Å²) < 4.78 is 0. The molecule has 2 heterocycles. The molecule has 0 spiro atoms. The number of nitrogens with one attached hydrogen (secondary N) is 3. The van der Waals surface area contributed by atoms with Crippen LogP contribution in [0, 0.1) is 0 Å². The van der Waals surface area contributed by atoms with E-state index in [1.54, 1.807) is 0 Å². The monoisotopic (exact) mass is 413 g/mol. The number of amides is 4. The van der Waals surface area contributed by atoms with Gasteiger partial charge in [0, 0.05) is 6.54 Å². The number of carboxylic acids is 1. The highest BCUT2D eigenvalue weighted by atomic mass is 16.4. The first-order chi connectivity index (χ1) is 13.7. The van der Waals surface area contributed by atoms with Crippen LogP contribution in [-0.2, 0) is 24.0 Å². The van der Waals surface area contributed by atoms with Gasteiger partial charge in [0.15, 0.2) is 0 Å². The maximum absolute atomic E-state index is 12.6. The van der Waals surface area contributed by atoms with E-state index in [-0.39, 0.29) is 11.9 Å². The molecule has 162 valence electrons. The van der Waals surface area contributed by atoms with Gasteiger partial charge in [-0.1, -0.05) is 0 Å². The lowest BCUT2D eigenvalue weighted by Crippen LogP contribution is -2.57. The number of carbonyl (C=O) groups is 5. The second kappa shape index (κ2) is 10.2. The Labute approximate surface area is 167 Å². The highest BCUT2D eigenvalue weighted by Gasteiger charge is 2.39. The summed E-state index contributed by atoms with van der Waals surface area (Å²) in [5, 5.41) is 26.0. The number of likely N-dealkylation sites (tertiary alicyclic amines) is 1. The zero-order chi connectivity index (χ0) is 21.6. The number of aliphatic hydroxyl groups excluding tert-OH is 1. The molecule has 2 fully saturated rings. The van der Waals surface area contributed by atoms with Gasteiger partial charge in [-0.15, -0.1) is 0 Å². The zero-order valence-corrected chi connectivity index (χ0v) is 15.9. The smallest absolute Gasteiger partial charge is 0.326 e. The first kappa shape index (κ1) is 22.6. The fourth-order valence-corrected chi connectivity index (χ4v) is 3.53. The molecule has 0 bridgehead atoms. The molecule has 4 amide bonds. The topological polar surface area (TPSA) is 191 Å². The van der Waals surface area contributed by atoms with E-state index in [4.69, 9.17) is 10.8 Å². The molecule has 4 atom stereocenters. The average Bonchev–Trinajstić information content (AvgIpc) is 3.35. The van der Waals surface area contributed by atoms with Crippen LogP contribution in [0.5, 0.6) is 0 Å². The number of primary amides is 1. The molecule has 7 N–H and O–H groups in total. The Morgan fingerprint density at radius 1 is 1.10 bits per heavy atom.